The normalized spacial score (nSPS) is 9.77. The highest BCUT2D eigenvalue weighted by Gasteiger charge is 2.01. The Balaban J connectivity index is 0.000000626. The first-order valence-electron chi connectivity index (χ1n) is 5.80. The van der Waals surface area contributed by atoms with Crippen molar-refractivity contribution in [2.45, 2.75) is 0 Å². The van der Waals surface area contributed by atoms with E-state index in [1.54, 1.807) is 24.3 Å². The summed E-state index contributed by atoms with van der Waals surface area (Å²) in [6.07, 6.45) is -0.578. The lowest BCUT2D eigenvalue weighted by molar-refractivity contribution is 0.176. The molecule has 2 N–H and O–H groups in total. The molecule has 0 saturated heterocycles. The van der Waals surface area contributed by atoms with Crippen LogP contribution in [0.2, 0.25) is 5.02 Å². The van der Waals surface area contributed by atoms with E-state index in [-0.39, 0.29) is 24.1 Å². The number of carbonyl (C=O) groups excluding carboxylic acids is 1. The SMILES string of the molecule is O=C(Nc1cccc(Cl)c1)OCC#CCCl.OC/C(Cl)=C/Cl. The number of nitrogens with one attached hydrogen (secondary N) is 1. The van der Waals surface area contributed by atoms with E-state index in [1.807, 2.05) is 0 Å². The Morgan fingerprint density at radius 2 is 2.14 bits per heavy atom. The molecule has 1 aromatic rings. The van der Waals surface area contributed by atoms with Gasteiger partial charge in [-0.05, 0) is 18.2 Å². The van der Waals surface area contributed by atoms with E-state index < -0.39 is 6.09 Å². The Kier molecular flexibility index (Phi) is 12.9. The fraction of sp³-hybridized carbons (Fsp3) is 0.214. The third-order valence-electron chi connectivity index (χ3n) is 1.81. The maximum Gasteiger partial charge on any atom is 0.412 e. The molecule has 0 aliphatic heterocycles. The van der Waals surface area contributed by atoms with Crippen LogP contribution in [0, 0.1) is 11.8 Å². The van der Waals surface area contributed by atoms with Crippen molar-refractivity contribution in [2.75, 3.05) is 24.4 Å². The van der Waals surface area contributed by atoms with Gasteiger partial charge >= 0.3 is 6.09 Å². The maximum absolute atomic E-state index is 11.2. The zero-order valence-electron chi connectivity index (χ0n) is 11.3. The number of alkyl halides is 1. The zero-order valence-corrected chi connectivity index (χ0v) is 14.3. The first-order chi connectivity index (χ1) is 10.5. The molecule has 0 aliphatic rings. The number of rotatable bonds is 3. The molecule has 0 saturated carbocycles. The number of hydrogen-bond donors (Lipinski definition) is 2. The summed E-state index contributed by atoms with van der Waals surface area (Å²) in [5.41, 5.74) is 1.70. The van der Waals surface area contributed by atoms with Crippen LogP contribution in [0.15, 0.2) is 34.8 Å². The number of halogens is 4. The van der Waals surface area contributed by atoms with Gasteiger partial charge in [-0.1, -0.05) is 52.7 Å². The fourth-order valence-electron chi connectivity index (χ4n) is 0.955. The average molecular weight is 385 g/mol. The minimum Gasteiger partial charge on any atom is -0.436 e. The smallest absolute Gasteiger partial charge is 0.412 e. The van der Waals surface area contributed by atoms with E-state index in [4.69, 9.17) is 56.2 Å². The van der Waals surface area contributed by atoms with Gasteiger partial charge in [0.05, 0.1) is 17.5 Å². The summed E-state index contributed by atoms with van der Waals surface area (Å²) < 4.78 is 4.76. The highest BCUT2D eigenvalue weighted by atomic mass is 35.5. The van der Waals surface area contributed by atoms with Gasteiger partial charge in [-0.2, -0.15) is 0 Å². The van der Waals surface area contributed by atoms with Gasteiger partial charge in [0.25, 0.3) is 0 Å². The van der Waals surface area contributed by atoms with Gasteiger partial charge in [-0.15, -0.1) is 11.6 Å². The van der Waals surface area contributed by atoms with Crippen LogP contribution < -0.4 is 5.32 Å². The van der Waals surface area contributed by atoms with Gasteiger partial charge in [-0.3, -0.25) is 5.32 Å². The molecule has 0 radical (unpaired) electrons. The van der Waals surface area contributed by atoms with Gasteiger partial charge in [-0.25, -0.2) is 4.79 Å². The minimum absolute atomic E-state index is 0.0130. The zero-order chi connectivity index (χ0) is 16.8. The Morgan fingerprint density at radius 1 is 1.41 bits per heavy atom. The quantitative estimate of drug-likeness (QED) is 0.598. The van der Waals surface area contributed by atoms with E-state index in [9.17, 15) is 4.79 Å². The van der Waals surface area contributed by atoms with Crippen molar-refractivity contribution >= 4 is 58.2 Å². The third kappa shape index (κ3) is 11.6. The topological polar surface area (TPSA) is 58.6 Å². The van der Waals surface area contributed by atoms with Crippen LogP contribution >= 0.6 is 46.4 Å². The van der Waals surface area contributed by atoms with Crippen LogP contribution in [0.3, 0.4) is 0 Å². The highest BCUT2D eigenvalue weighted by Crippen LogP contribution is 2.14. The van der Waals surface area contributed by atoms with Crippen LogP contribution in [0.25, 0.3) is 0 Å². The molecular weight excluding hydrogens is 372 g/mol. The number of benzene rings is 1. The molecule has 120 valence electrons. The lowest BCUT2D eigenvalue weighted by atomic mass is 10.3. The molecule has 0 bridgehead atoms. The van der Waals surface area contributed by atoms with Crippen LogP contribution in [-0.2, 0) is 4.74 Å². The van der Waals surface area contributed by atoms with Crippen LogP contribution in [0.4, 0.5) is 10.5 Å². The molecule has 0 unspecified atom stereocenters. The Labute approximate surface area is 148 Å². The van der Waals surface area contributed by atoms with Crippen molar-refractivity contribution in [1.29, 1.82) is 0 Å². The average Bonchev–Trinajstić information content (AvgIpc) is 2.51. The maximum atomic E-state index is 11.2. The van der Waals surface area contributed by atoms with Crippen molar-refractivity contribution < 1.29 is 14.6 Å². The van der Waals surface area contributed by atoms with Gasteiger partial charge in [0.15, 0.2) is 6.61 Å². The van der Waals surface area contributed by atoms with Gasteiger partial charge in [0, 0.05) is 16.2 Å². The molecule has 22 heavy (non-hydrogen) atoms. The first kappa shape index (κ1) is 20.9. The summed E-state index contributed by atoms with van der Waals surface area (Å²) in [4.78, 5) is 11.2. The van der Waals surface area contributed by atoms with Gasteiger partial charge < -0.3 is 9.84 Å². The van der Waals surface area contributed by atoms with E-state index in [0.717, 1.165) is 5.54 Å². The minimum atomic E-state index is -0.578. The lowest BCUT2D eigenvalue weighted by Gasteiger charge is -2.04. The van der Waals surface area contributed by atoms with Crippen LogP contribution in [-0.4, -0.2) is 30.3 Å². The number of amides is 1. The molecule has 0 fully saturated rings. The first-order valence-corrected chi connectivity index (χ1v) is 7.52. The molecule has 1 rings (SSSR count). The Morgan fingerprint density at radius 3 is 2.64 bits per heavy atom. The molecular formula is C14H13Cl4NO3. The monoisotopic (exact) mass is 383 g/mol. The van der Waals surface area contributed by atoms with Crippen molar-refractivity contribution in [3.8, 4) is 11.8 Å². The van der Waals surface area contributed by atoms with Gasteiger partial charge in [0.2, 0.25) is 0 Å². The fourth-order valence-corrected chi connectivity index (χ4v) is 1.31. The van der Waals surface area contributed by atoms with Crippen molar-refractivity contribution in [3.63, 3.8) is 0 Å². The van der Waals surface area contributed by atoms with E-state index in [1.165, 1.54) is 0 Å². The number of aliphatic hydroxyl groups excluding tert-OH is 1. The van der Waals surface area contributed by atoms with Crippen LogP contribution in [0.5, 0.6) is 0 Å². The van der Waals surface area contributed by atoms with E-state index in [2.05, 4.69) is 17.2 Å². The third-order valence-corrected chi connectivity index (χ3v) is 2.78. The highest BCUT2D eigenvalue weighted by molar-refractivity contribution is 6.36. The standard InChI is InChI=1S/C11H9Cl2NO2.C3H4Cl2O/c12-6-1-2-7-16-11(15)14-10-5-3-4-9(13)8-10;4-1-3(5)2-6/h3-5,8H,6-7H2,(H,14,15);1,6H,2H2/b;3-1-. The second-order valence-electron chi connectivity index (χ2n) is 3.41. The van der Waals surface area contributed by atoms with Crippen molar-refractivity contribution in [3.05, 3.63) is 39.9 Å². The summed E-state index contributed by atoms with van der Waals surface area (Å²) in [5.74, 6) is 5.36. The number of carbonyl (C=O) groups is 1. The molecule has 1 amide bonds. The molecule has 0 aromatic heterocycles. The van der Waals surface area contributed by atoms with Crippen LogP contribution in [0.1, 0.15) is 0 Å². The largest absolute Gasteiger partial charge is 0.436 e. The van der Waals surface area contributed by atoms with Gasteiger partial charge in [0.1, 0.15) is 0 Å². The lowest BCUT2D eigenvalue weighted by Crippen LogP contribution is -2.13. The summed E-state index contributed by atoms with van der Waals surface area (Å²) in [6.45, 7) is -0.163. The second-order valence-corrected chi connectivity index (χ2v) is 4.82. The summed E-state index contributed by atoms with van der Waals surface area (Å²) >= 11 is 21.2. The molecule has 0 heterocycles. The van der Waals surface area contributed by atoms with Crippen molar-refractivity contribution in [1.82, 2.24) is 0 Å². The molecule has 0 aliphatic carbocycles. The predicted octanol–water partition coefficient (Wildman–Crippen LogP) is 4.43. The number of hydrogen-bond acceptors (Lipinski definition) is 3. The summed E-state index contributed by atoms with van der Waals surface area (Å²) in [5, 5.41) is 11.4. The van der Waals surface area contributed by atoms with E-state index in [0.29, 0.717) is 10.7 Å². The Hall–Kier alpha value is -1.09. The number of aliphatic hydroxyl groups is 1. The number of anilines is 1. The summed E-state index contributed by atoms with van der Waals surface area (Å²) in [7, 11) is 0. The molecule has 4 nitrogen and oxygen atoms in total. The molecule has 0 atom stereocenters. The van der Waals surface area contributed by atoms with E-state index >= 15 is 0 Å². The molecule has 8 heteroatoms. The predicted molar refractivity (Wildman–Crippen MR) is 91.8 cm³/mol. The molecule has 1 aromatic carbocycles. The molecule has 0 spiro atoms. The Bertz CT molecular complexity index is 553. The summed E-state index contributed by atoms with van der Waals surface area (Å²) in [6, 6.07) is 6.76. The van der Waals surface area contributed by atoms with Crippen molar-refractivity contribution in [2.24, 2.45) is 0 Å². The second kappa shape index (κ2) is 13.6. The number of ether oxygens (including phenoxy) is 1.